The first kappa shape index (κ1) is 16.6. The maximum Gasteiger partial charge on any atom is 0.272 e. The number of thiocarbonyl (C=S) groups is 1. The van der Waals surface area contributed by atoms with Gasteiger partial charge in [-0.15, -0.1) is 0 Å². The molecule has 2 aromatic rings. The number of carbonyl (C=O) groups excluding carboxylic acids is 1. The molecule has 0 saturated heterocycles. The molecule has 0 fully saturated rings. The topological polar surface area (TPSA) is 62.4 Å². The van der Waals surface area contributed by atoms with Crippen molar-refractivity contribution < 1.29 is 18.3 Å². The van der Waals surface area contributed by atoms with E-state index < -0.39 is 17.5 Å². The molecule has 0 aliphatic heterocycles. The van der Waals surface area contributed by atoms with E-state index in [2.05, 4.69) is 16.2 Å². The first-order chi connectivity index (χ1) is 11.0. The lowest BCUT2D eigenvalue weighted by Gasteiger charge is -2.12. The molecule has 0 radical (unpaired) electrons. The number of benzene rings is 2. The number of methoxy groups -OCH3 is 1. The Bertz CT molecular complexity index is 740. The predicted molar refractivity (Wildman–Crippen MR) is 86.2 cm³/mol. The lowest BCUT2D eigenvalue weighted by atomic mass is 10.2. The minimum absolute atomic E-state index is 0.0441. The highest BCUT2D eigenvalue weighted by atomic mass is 32.1. The quantitative estimate of drug-likeness (QED) is 0.594. The van der Waals surface area contributed by atoms with Crippen LogP contribution in [0.2, 0.25) is 0 Å². The molecule has 2 aromatic carbocycles. The number of rotatable bonds is 3. The van der Waals surface area contributed by atoms with Gasteiger partial charge in [0.15, 0.2) is 5.11 Å². The molecule has 0 heterocycles. The van der Waals surface area contributed by atoms with Crippen LogP contribution in [-0.4, -0.2) is 18.1 Å². The number of carbonyl (C=O) groups is 1. The smallest absolute Gasteiger partial charge is 0.272 e. The molecule has 120 valence electrons. The van der Waals surface area contributed by atoms with Gasteiger partial charge in [-0.1, -0.05) is 12.1 Å². The lowest BCUT2D eigenvalue weighted by molar-refractivity contribution is 0.0940. The van der Waals surface area contributed by atoms with Crippen LogP contribution in [0.3, 0.4) is 0 Å². The summed E-state index contributed by atoms with van der Waals surface area (Å²) in [6.07, 6.45) is 0. The van der Waals surface area contributed by atoms with Crippen LogP contribution in [0.5, 0.6) is 5.75 Å². The summed E-state index contributed by atoms with van der Waals surface area (Å²) in [6.45, 7) is 0. The molecular weight excluding hydrogens is 324 g/mol. The number of para-hydroxylation sites is 1. The van der Waals surface area contributed by atoms with Crippen LogP contribution in [0.1, 0.15) is 10.4 Å². The fraction of sp³-hybridized carbons (Fsp3) is 0.0667. The Labute approximate surface area is 136 Å². The second-order valence-corrected chi connectivity index (χ2v) is 4.77. The Hall–Kier alpha value is -2.74. The van der Waals surface area contributed by atoms with Gasteiger partial charge in [-0.3, -0.25) is 15.6 Å². The number of nitrogens with one attached hydrogen (secondary N) is 3. The number of hydrogen-bond donors (Lipinski definition) is 3. The van der Waals surface area contributed by atoms with Gasteiger partial charge in [-0.05, 0) is 36.5 Å². The van der Waals surface area contributed by atoms with Crippen molar-refractivity contribution in [2.45, 2.75) is 0 Å². The Morgan fingerprint density at radius 3 is 2.48 bits per heavy atom. The van der Waals surface area contributed by atoms with Gasteiger partial charge < -0.3 is 10.1 Å². The highest BCUT2D eigenvalue weighted by Crippen LogP contribution is 2.16. The van der Waals surface area contributed by atoms with Crippen molar-refractivity contribution in [2.24, 2.45) is 0 Å². The van der Waals surface area contributed by atoms with Crippen LogP contribution in [0.25, 0.3) is 0 Å². The van der Waals surface area contributed by atoms with Crippen LogP contribution in [0.4, 0.5) is 14.5 Å². The summed E-state index contributed by atoms with van der Waals surface area (Å²) in [5.74, 6) is -1.67. The molecule has 0 aliphatic rings. The summed E-state index contributed by atoms with van der Waals surface area (Å²) in [4.78, 5) is 11.9. The minimum Gasteiger partial charge on any atom is -0.497 e. The molecule has 0 unspecified atom stereocenters. The molecule has 0 spiro atoms. The van der Waals surface area contributed by atoms with Crippen LogP contribution in [0, 0.1) is 11.6 Å². The number of hydrogen-bond acceptors (Lipinski definition) is 3. The monoisotopic (exact) mass is 337 g/mol. The normalized spacial score (nSPS) is 9.87. The van der Waals surface area contributed by atoms with E-state index >= 15 is 0 Å². The zero-order valence-corrected chi connectivity index (χ0v) is 12.8. The molecule has 0 bridgehead atoms. The largest absolute Gasteiger partial charge is 0.497 e. The Morgan fingerprint density at radius 1 is 1.09 bits per heavy atom. The molecule has 0 aliphatic carbocycles. The zero-order valence-electron chi connectivity index (χ0n) is 12.0. The molecular formula is C15H13F2N3O2S. The van der Waals surface area contributed by atoms with E-state index in [0.717, 1.165) is 6.07 Å². The number of ether oxygens (including phenoxy) is 1. The standard InChI is InChI=1S/C15H13F2N3O2S/c1-22-9-6-7-10(12(17)8-9)14(21)19-20-15(23)18-13-5-3-2-4-11(13)16/h2-8H,1H3,(H,19,21)(H2,18,20,23). The second kappa shape index (κ2) is 7.50. The average Bonchev–Trinajstić information content (AvgIpc) is 2.54. The molecule has 3 N–H and O–H groups in total. The van der Waals surface area contributed by atoms with Gasteiger partial charge in [0.1, 0.15) is 17.4 Å². The third-order valence-corrected chi connectivity index (χ3v) is 3.04. The van der Waals surface area contributed by atoms with Crippen molar-refractivity contribution in [1.29, 1.82) is 0 Å². The molecule has 1 amide bonds. The Balaban J connectivity index is 1.94. The van der Waals surface area contributed by atoms with E-state index in [4.69, 9.17) is 17.0 Å². The molecule has 5 nitrogen and oxygen atoms in total. The van der Waals surface area contributed by atoms with Crippen LogP contribution >= 0.6 is 12.2 Å². The third kappa shape index (κ3) is 4.36. The van der Waals surface area contributed by atoms with Gasteiger partial charge in [0.2, 0.25) is 0 Å². The predicted octanol–water partition coefficient (Wildman–Crippen LogP) is 2.60. The van der Waals surface area contributed by atoms with Crippen molar-refractivity contribution in [1.82, 2.24) is 10.9 Å². The summed E-state index contributed by atoms with van der Waals surface area (Å²) in [5, 5.41) is 2.52. The summed E-state index contributed by atoms with van der Waals surface area (Å²) in [5.41, 5.74) is 4.55. The van der Waals surface area contributed by atoms with Gasteiger partial charge in [0.25, 0.3) is 5.91 Å². The van der Waals surface area contributed by atoms with E-state index in [0.29, 0.717) is 5.75 Å². The van der Waals surface area contributed by atoms with E-state index in [1.54, 1.807) is 6.07 Å². The number of amides is 1. The van der Waals surface area contributed by atoms with Gasteiger partial charge >= 0.3 is 0 Å². The van der Waals surface area contributed by atoms with Crippen molar-refractivity contribution in [3.63, 3.8) is 0 Å². The van der Waals surface area contributed by atoms with Gasteiger partial charge in [0.05, 0.1) is 18.4 Å². The van der Waals surface area contributed by atoms with E-state index in [1.807, 2.05) is 0 Å². The van der Waals surface area contributed by atoms with Gasteiger partial charge in [0, 0.05) is 6.07 Å². The number of halogens is 2. The highest BCUT2D eigenvalue weighted by molar-refractivity contribution is 7.80. The SMILES string of the molecule is COc1ccc(C(=O)NNC(=S)Nc2ccccc2F)c(F)c1. The van der Waals surface area contributed by atoms with Crippen molar-refractivity contribution >= 4 is 28.9 Å². The second-order valence-electron chi connectivity index (χ2n) is 4.36. The Kier molecular flexibility index (Phi) is 5.42. The van der Waals surface area contributed by atoms with Crippen molar-refractivity contribution in [2.75, 3.05) is 12.4 Å². The molecule has 0 saturated carbocycles. The minimum atomic E-state index is -0.739. The lowest BCUT2D eigenvalue weighted by Crippen LogP contribution is -2.44. The van der Waals surface area contributed by atoms with E-state index in [-0.39, 0.29) is 16.4 Å². The van der Waals surface area contributed by atoms with E-state index in [1.165, 1.54) is 37.4 Å². The summed E-state index contributed by atoms with van der Waals surface area (Å²) < 4.78 is 32.0. The summed E-state index contributed by atoms with van der Waals surface area (Å²) >= 11 is 4.92. The molecule has 0 atom stereocenters. The fourth-order valence-corrected chi connectivity index (χ4v) is 1.86. The molecule has 23 heavy (non-hydrogen) atoms. The molecule has 2 rings (SSSR count). The number of anilines is 1. The van der Waals surface area contributed by atoms with Crippen LogP contribution in [-0.2, 0) is 0 Å². The van der Waals surface area contributed by atoms with Crippen LogP contribution < -0.4 is 20.9 Å². The van der Waals surface area contributed by atoms with Gasteiger partial charge in [-0.25, -0.2) is 8.78 Å². The van der Waals surface area contributed by atoms with E-state index in [9.17, 15) is 13.6 Å². The average molecular weight is 337 g/mol. The van der Waals surface area contributed by atoms with Crippen LogP contribution in [0.15, 0.2) is 42.5 Å². The maximum atomic E-state index is 13.7. The highest BCUT2D eigenvalue weighted by Gasteiger charge is 2.13. The first-order valence-corrected chi connectivity index (χ1v) is 6.87. The maximum absolute atomic E-state index is 13.7. The number of hydrazine groups is 1. The summed E-state index contributed by atoms with van der Waals surface area (Å²) in [6, 6.07) is 9.71. The molecule has 0 aromatic heterocycles. The van der Waals surface area contributed by atoms with Crippen molar-refractivity contribution in [3.05, 3.63) is 59.7 Å². The van der Waals surface area contributed by atoms with Crippen molar-refractivity contribution in [3.8, 4) is 5.75 Å². The molecule has 8 heteroatoms. The first-order valence-electron chi connectivity index (χ1n) is 6.46. The summed E-state index contributed by atoms with van der Waals surface area (Å²) in [7, 11) is 1.39. The fourth-order valence-electron chi connectivity index (χ4n) is 1.70. The van der Waals surface area contributed by atoms with Gasteiger partial charge in [-0.2, -0.15) is 0 Å². The zero-order chi connectivity index (χ0) is 16.8. The Morgan fingerprint density at radius 2 is 1.83 bits per heavy atom. The third-order valence-electron chi connectivity index (χ3n) is 2.83.